The normalized spacial score (nSPS) is 27.9. The van der Waals surface area contributed by atoms with Gasteiger partial charge in [-0.05, 0) is 12.8 Å². The number of rotatable bonds is 6. The summed E-state index contributed by atoms with van der Waals surface area (Å²) >= 11 is 1.93. The van der Waals surface area contributed by atoms with Crippen LogP contribution in [0.4, 0.5) is 4.79 Å². The lowest BCUT2D eigenvalue weighted by Crippen LogP contribution is -2.38. The number of fused-ring (bicyclic) bond motifs is 1. The van der Waals surface area contributed by atoms with E-state index in [2.05, 4.69) is 16.6 Å². The molecule has 0 saturated carbocycles. The molecule has 2 heterocycles. The second kappa shape index (κ2) is 6.89. The number of terminal acetylenes is 1. The molecule has 20 heavy (non-hydrogen) atoms. The van der Waals surface area contributed by atoms with Crippen molar-refractivity contribution in [3.63, 3.8) is 0 Å². The lowest BCUT2D eigenvalue weighted by atomic mass is 10.0. The van der Waals surface area contributed by atoms with E-state index in [0.717, 1.165) is 25.0 Å². The highest BCUT2D eigenvalue weighted by Gasteiger charge is 2.46. The quantitative estimate of drug-likeness (QED) is 0.433. The Morgan fingerprint density at radius 3 is 3.15 bits per heavy atom. The van der Waals surface area contributed by atoms with Crippen molar-refractivity contribution in [3.8, 4) is 12.3 Å². The Balaban J connectivity index is 1.66. The van der Waals surface area contributed by atoms with Crippen LogP contribution in [0.3, 0.4) is 0 Å². The van der Waals surface area contributed by atoms with Crippen LogP contribution >= 0.6 is 11.8 Å². The smallest absolute Gasteiger partial charge is 0.317 e. The van der Waals surface area contributed by atoms with Crippen LogP contribution in [0.25, 0.3) is 0 Å². The van der Waals surface area contributed by atoms with E-state index in [1.54, 1.807) is 0 Å². The standard InChI is InChI=1S/C14H21N3O2S/c1-3-8-15-12(18)7-5-4-6-11-13-10(9-20-11)16-14(19)17(13)2/h1,10-11,13H,4-9H2,2H3,(H,15,18)(H,16,19)/t10-,11+,13?/m1/s1. The predicted molar refractivity (Wildman–Crippen MR) is 80.4 cm³/mol. The summed E-state index contributed by atoms with van der Waals surface area (Å²) in [5.74, 6) is 3.41. The van der Waals surface area contributed by atoms with E-state index >= 15 is 0 Å². The molecule has 3 atom stereocenters. The summed E-state index contributed by atoms with van der Waals surface area (Å²) in [4.78, 5) is 24.8. The molecule has 0 aromatic carbocycles. The van der Waals surface area contributed by atoms with E-state index in [1.807, 2.05) is 23.7 Å². The molecule has 2 aliphatic rings. The fourth-order valence-corrected chi connectivity index (χ4v) is 4.49. The Hall–Kier alpha value is -1.35. The van der Waals surface area contributed by atoms with Gasteiger partial charge in [0.05, 0.1) is 18.6 Å². The lowest BCUT2D eigenvalue weighted by molar-refractivity contribution is -0.120. The zero-order valence-corrected chi connectivity index (χ0v) is 12.5. The third-order valence-corrected chi connectivity index (χ3v) is 5.38. The van der Waals surface area contributed by atoms with Gasteiger partial charge in [0, 0.05) is 24.5 Å². The molecule has 2 aliphatic heterocycles. The molecular weight excluding hydrogens is 274 g/mol. The van der Waals surface area contributed by atoms with Crippen molar-refractivity contribution in [2.75, 3.05) is 19.3 Å². The molecule has 0 spiro atoms. The fraction of sp³-hybridized carbons (Fsp3) is 0.714. The van der Waals surface area contributed by atoms with Gasteiger partial charge in [0.15, 0.2) is 0 Å². The Labute approximate surface area is 124 Å². The molecule has 0 aromatic heterocycles. The third kappa shape index (κ3) is 3.40. The van der Waals surface area contributed by atoms with Crippen LogP contribution in [0.2, 0.25) is 0 Å². The molecule has 2 fully saturated rings. The highest BCUT2D eigenvalue weighted by atomic mass is 32.2. The van der Waals surface area contributed by atoms with Gasteiger partial charge < -0.3 is 15.5 Å². The van der Waals surface area contributed by atoms with Crippen LogP contribution in [-0.4, -0.2) is 53.5 Å². The van der Waals surface area contributed by atoms with Gasteiger partial charge in [-0.25, -0.2) is 4.79 Å². The van der Waals surface area contributed by atoms with E-state index in [4.69, 9.17) is 6.42 Å². The first kappa shape index (κ1) is 15.0. The number of hydrogen-bond acceptors (Lipinski definition) is 3. The SMILES string of the molecule is C#CCNC(=O)CCCC[C@@H]1SC[C@H]2NC(=O)N(C)C12. The van der Waals surface area contributed by atoms with Gasteiger partial charge >= 0.3 is 6.03 Å². The van der Waals surface area contributed by atoms with Crippen molar-refractivity contribution < 1.29 is 9.59 Å². The Bertz CT molecular complexity index is 421. The Morgan fingerprint density at radius 1 is 1.60 bits per heavy atom. The molecule has 0 aromatic rings. The molecule has 2 saturated heterocycles. The second-order valence-electron chi connectivity index (χ2n) is 5.26. The largest absolute Gasteiger partial charge is 0.345 e. The van der Waals surface area contributed by atoms with Crippen LogP contribution in [0, 0.1) is 12.3 Å². The number of thioether (sulfide) groups is 1. The lowest BCUT2D eigenvalue weighted by Gasteiger charge is -2.23. The van der Waals surface area contributed by atoms with Crippen LogP contribution in [0.1, 0.15) is 25.7 Å². The maximum Gasteiger partial charge on any atom is 0.317 e. The van der Waals surface area contributed by atoms with Crippen molar-refractivity contribution in [3.05, 3.63) is 0 Å². The number of carbonyl (C=O) groups is 2. The zero-order valence-electron chi connectivity index (χ0n) is 11.7. The number of hydrogen-bond donors (Lipinski definition) is 2. The Morgan fingerprint density at radius 2 is 2.40 bits per heavy atom. The monoisotopic (exact) mass is 295 g/mol. The highest BCUT2D eigenvalue weighted by Crippen LogP contribution is 2.36. The average molecular weight is 295 g/mol. The van der Waals surface area contributed by atoms with Gasteiger partial charge in [0.2, 0.25) is 5.91 Å². The van der Waals surface area contributed by atoms with E-state index in [-0.39, 0.29) is 11.9 Å². The first-order valence-corrected chi connectivity index (χ1v) is 8.03. The van der Waals surface area contributed by atoms with Crippen molar-refractivity contribution in [1.29, 1.82) is 0 Å². The summed E-state index contributed by atoms with van der Waals surface area (Å²) in [5.41, 5.74) is 0. The molecule has 2 N–H and O–H groups in total. The minimum Gasteiger partial charge on any atom is -0.345 e. The summed E-state index contributed by atoms with van der Waals surface area (Å²) in [6, 6.07) is 0.642. The molecule has 1 unspecified atom stereocenters. The minimum atomic E-state index is 0.0229. The number of nitrogens with zero attached hydrogens (tertiary/aromatic N) is 1. The summed E-state index contributed by atoms with van der Waals surface area (Å²) < 4.78 is 0. The molecule has 0 radical (unpaired) electrons. The van der Waals surface area contributed by atoms with E-state index in [0.29, 0.717) is 30.3 Å². The predicted octanol–water partition coefficient (Wildman–Crippen LogP) is 0.804. The number of carbonyl (C=O) groups excluding carboxylic acids is 2. The minimum absolute atomic E-state index is 0.0229. The van der Waals surface area contributed by atoms with E-state index < -0.39 is 0 Å². The topological polar surface area (TPSA) is 61.4 Å². The molecule has 6 heteroatoms. The number of nitrogens with one attached hydrogen (secondary N) is 2. The van der Waals surface area contributed by atoms with Gasteiger partial charge in [0.25, 0.3) is 0 Å². The first-order valence-electron chi connectivity index (χ1n) is 6.98. The molecule has 0 aliphatic carbocycles. The average Bonchev–Trinajstić information content (AvgIpc) is 2.94. The molecule has 5 nitrogen and oxygen atoms in total. The molecule has 3 amide bonds. The van der Waals surface area contributed by atoms with Crippen molar-refractivity contribution in [2.24, 2.45) is 0 Å². The van der Waals surface area contributed by atoms with Crippen LogP contribution in [0.15, 0.2) is 0 Å². The van der Waals surface area contributed by atoms with Crippen LogP contribution in [-0.2, 0) is 4.79 Å². The third-order valence-electron chi connectivity index (χ3n) is 3.89. The Kier molecular flexibility index (Phi) is 5.18. The van der Waals surface area contributed by atoms with Gasteiger partial charge in [-0.3, -0.25) is 4.79 Å². The number of amides is 3. The summed E-state index contributed by atoms with van der Waals surface area (Å²) in [7, 11) is 1.87. The maximum atomic E-state index is 11.6. The van der Waals surface area contributed by atoms with Gasteiger partial charge in [-0.1, -0.05) is 12.3 Å². The summed E-state index contributed by atoms with van der Waals surface area (Å²) in [6.07, 6.45) is 8.54. The molecular formula is C14H21N3O2S. The van der Waals surface area contributed by atoms with E-state index in [9.17, 15) is 9.59 Å². The molecule has 0 bridgehead atoms. The first-order chi connectivity index (χ1) is 9.63. The summed E-state index contributed by atoms with van der Waals surface area (Å²) in [5, 5.41) is 6.16. The van der Waals surface area contributed by atoms with Crippen molar-refractivity contribution in [2.45, 2.75) is 43.0 Å². The van der Waals surface area contributed by atoms with E-state index in [1.165, 1.54) is 0 Å². The van der Waals surface area contributed by atoms with Crippen molar-refractivity contribution in [1.82, 2.24) is 15.5 Å². The number of urea groups is 1. The molecule has 110 valence electrons. The molecule has 2 rings (SSSR count). The zero-order chi connectivity index (χ0) is 14.5. The summed E-state index contributed by atoms with van der Waals surface area (Å²) in [6.45, 7) is 0.305. The number of unbranched alkanes of at least 4 members (excludes halogenated alkanes) is 1. The van der Waals surface area contributed by atoms with Crippen molar-refractivity contribution >= 4 is 23.7 Å². The van der Waals surface area contributed by atoms with Gasteiger partial charge in [-0.15, -0.1) is 6.42 Å². The maximum absolute atomic E-state index is 11.6. The van der Waals surface area contributed by atoms with Crippen LogP contribution < -0.4 is 10.6 Å². The number of likely N-dealkylation sites (N-methyl/N-ethyl adjacent to an activating group) is 1. The fourth-order valence-electron chi connectivity index (χ4n) is 2.85. The second-order valence-corrected chi connectivity index (χ2v) is 6.53. The van der Waals surface area contributed by atoms with Gasteiger partial charge in [0.1, 0.15) is 0 Å². The van der Waals surface area contributed by atoms with Gasteiger partial charge in [-0.2, -0.15) is 11.8 Å². The van der Waals surface area contributed by atoms with Crippen LogP contribution in [0.5, 0.6) is 0 Å². The highest BCUT2D eigenvalue weighted by molar-refractivity contribution is 8.00.